The SMILES string of the molecule is C[C@H](N)C(=O)Nc1cc(Br)ccc1C(=O)O. The molecule has 0 aromatic heterocycles. The first-order valence-corrected chi connectivity index (χ1v) is 5.30. The van der Waals surface area contributed by atoms with Crippen LogP contribution in [0.15, 0.2) is 22.7 Å². The summed E-state index contributed by atoms with van der Waals surface area (Å²) in [6.45, 7) is 1.52. The van der Waals surface area contributed by atoms with Crippen molar-refractivity contribution in [2.45, 2.75) is 13.0 Å². The van der Waals surface area contributed by atoms with Gasteiger partial charge in [0, 0.05) is 4.47 Å². The maximum atomic E-state index is 11.4. The van der Waals surface area contributed by atoms with Crippen LogP contribution < -0.4 is 11.1 Å². The molecule has 1 atom stereocenters. The first-order valence-electron chi connectivity index (χ1n) is 4.51. The lowest BCUT2D eigenvalue weighted by molar-refractivity contribution is -0.117. The molecule has 0 radical (unpaired) electrons. The number of nitrogens with two attached hydrogens (primary N) is 1. The lowest BCUT2D eigenvalue weighted by Gasteiger charge is -2.10. The molecule has 0 aliphatic heterocycles. The minimum absolute atomic E-state index is 0.0252. The van der Waals surface area contributed by atoms with Crippen LogP contribution in [0.25, 0.3) is 0 Å². The van der Waals surface area contributed by atoms with Crippen molar-refractivity contribution in [1.82, 2.24) is 0 Å². The second-order valence-corrected chi connectivity index (χ2v) is 4.19. The van der Waals surface area contributed by atoms with Gasteiger partial charge in [-0.1, -0.05) is 15.9 Å². The number of hydrogen-bond donors (Lipinski definition) is 3. The van der Waals surface area contributed by atoms with Crippen LogP contribution in [-0.2, 0) is 4.79 Å². The Bertz CT molecular complexity index is 432. The molecule has 0 spiro atoms. The van der Waals surface area contributed by atoms with E-state index in [2.05, 4.69) is 21.2 Å². The highest BCUT2D eigenvalue weighted by atomic mass is 79.9. The number of aromatic carboxylic acids is 1. The van der Waals surface area contributed by atoms with Gasteiger partial charge in [-0.15, -0.1) is 0 Å². The monoisotopic (exact) mass is 286 g/mol. The molecule has 1 rings (SSSR count). The molecule has 0 aliphatic carbocycles. The summed E-state index contributed by atoms with van der Waals surface area (Å²) >= 11 is 3.20. The number of hydrogen-bond acceptors (Lipinski definition) is 3. The van der Waals surface area contributed by atoms with Crippen LogP contribution in [0.4, 0.5) is 5.69 Å². The van der Waals surface area contributed by atoms with Crippen LogP contribution in [0.2, 0.25) is 0 Å². The van der Waals surface area contributed by atoms with Crippen molar-refractivity contribution in [1.29, 1.82) is 0 Å². The van der Waals surface area contributed by atoms with Crippen LogP contribution in [0.1, 0.15) is 17.3 Å². The largest absolute Gasteiger partial charge is 0.478 e. The molecule has 0 saturated heterocycles. The van der Waals surface area contributed by atoms with Crippen LogP contribution in [0.5, 0.6) is 0 Å². The molecule has 1 aromatic carbocycles. The van der Waals surface area contributed by atoms with Gasteiger partial charge in [0.1, 0.15) is 0 Å². The molecule has 5 nitrogen and oxygen atoms in total. The van der Waals surface area contributed by atoms with Crippen molar-refractivity contribution in [3.8, 4) is 0 Å². The summed E-state index contributed by atoms with van der Waals surface area (Å²) in [5, 5.41) is 11.4. The van der Waals surface area contributed by atoms with Crippen LogP contribution in [-0.4, -0.2) is 23.0 Å². The highest BCUT2D eigenvalue weighted by molar-refractivity contribution is 9.10. The smallest absolute Gasteiger partial charge is 0.337 e. The van der Waals surface area contributed by atoms with Crippen molar-refractivity contribution in [2.24, 2.45) is 5.73 Å². The number of anilines is 1. The predicted molar refractivity (Wildman–Crippen MR) is 63.4 cm³/mol. The van der Waals surface area contributed by atoms with E-state index in [9.17, 15) is 9.59 Å². The third-order valence-corrected chi connectivity index (χ3v) is 2.38. The van der Waals surface area contributed by atoms with Crippen molar-refractivity contribution in [3.05, 3.63) is 28.2 Å². The van der Waals surface area contributed by atoms with E-state index in [0.717, 1.165) is 0 Å². The minimum atomic E-state index is -1.10. The van der Waals surface area contributed by atoms with Gasteiger partial charge in [0.05, 0.1) is 17.3 Å². The summed E-state index contributed by atoms with van der Waals surface area (Å²) in [7, 11) is 0. The molecular weight excluding hydrogens is 276 g/mol. The van der Waals surface area contributed by atoms with Gasteiger partial charge in [-0.05, 0) is 25.1 Å². The molecule has 16 heavy (non-hydrogen) atoms. The second kappa shape index (κ2) is 5.09. The first-order chi connectivity index (χ1) is 7.41. The van der Waals surface area contributed by atoms with Gasteiger partial charge < -0.3 is 16.2 Å². The fourth-order valence-electron chi connectivity index (χ4n) is 1.05. The zero-order chi connectivity index (χ0) is 12.3. The number of carboxylic acid groups (broad SMARTS) is 1. The zero-order valence-corrected chi connectivity index (χ0v) is 10.1. The lowest BCUT2D eigenvalue weighted by atomic mass is 10.1. The third kappa shape index (κ3) is 3.04. The Labute approximate surface area is 101 Å². The van der Waals surface area contributed by atoms with Crippen molar-refractivity contribution in [2.75, 3.05) is 5.32 Å². The topological polar surface area (TPSA) is 92.4 Å². The van der Waals surface area contributed by atoms with Crippen molar-refractivity contribution < 1.29 is 14.7 Å². The average Bonchev–Trinajstić information content (AvgIpc) is 2.16. The fraction of sp³-hybridized carbons (Fsp3) is 0.200. The molecule has 0 unspecified atom stereocenters. The van der Waals surface area contributed by atoms with Crippen LogP contribution in [0, 0.1) is 0 Å². The Morgan fingerprint density at radius 3 is 2.62 bits per heavy atom. The number of carbonyl (C=O) groups is 2. The Balaban J connectivity index is 3.06. The summed E-state index contributed by atoms with van der Waals surface area (Å²) in [6, 6.07) is 3.82. The number of rotatable bonds is 3. The van der Waals surface area contributed by atoms with E-state index in [4.69, 9.17) is 10.8 Å². The van der Waals surface area contributed by atoms with E-state index >= 15 is 0 Å². The number of halogens is 1. The molecule has 0 bridgehead atoms. The van der Waals surface area contributed by atoms with Crippen molar-refractivity contribution in [3.63, 3.8) is 0 Å². The summed E-state index contributed by atoms with van der Waals surface area (Å²) in [4.78, 5) is 22.2. The molecule has 0 aliphatic rings. The zero-order valence-electron chi connectivity index (χ0n) is 8.53. The van der Waals surface area contributed by atoms with Gasteiger partial charge in [0.2, 0.25) is 5.91 Å². The fourth-order valence-corrected chi connectivity index (χ4v) is 1.41. The minimum Gasteiger partial charge on any atom is -0.478 e. The van der Waals surface area contributed by atoms with E-state index in [-0.39, 0.29) is 11.3 Å². The van der Waals surface area contributed by atoms with Gasteiger partial charge in [0.15, 0.2) is 0 Å². The second-order valence-electron chi connectivity index (χ2n) is 3.27. The van der Waals surface area contributed by atoms with Crippen LogP contribution >= 0.6 is 15.9 Å². The molecule has 0 saturated carbocycles. The van der Waals surface area contributed by atoms with Gasteiger partial charge in [-0.25, -0.2) is 4.79 Å². The summed E-state index contributed by atoms with van der Waals surface area (Å²) in [5.41, 5.74) is 5.63. The van der Waals surface area contributed by atoms with E-state index < -0.39 is 17.9 Å². The Kier molecular flexibility index (Phi) is 4.03. The average molecular weight is 287 g/mol. The maximum Gasteiger partial charge on any atom is 0.337 e. The summed E-state index contributed by atoms with van der Waals surface area (Å²) in [5.74, 6) is -1.53. The standard InChI is InChI=1S/C10H11BrN2O3/c1-5(12)9(14)13-8-4-6(11)2-3-7(8)10(15)16/h2-5H,12H2,1H3,(H,13,14)(H,15,16)/t5-/m0/s1. The van der Waals surface area contributed by atoms with E-state index in [1.807, 2.05) is 0 Å². The van der Waals surface area contributed by atoms with E-state index in [1.165, 1.54) is 19.1 Å². The number of carbonyl (C=O) groups excluding carboxylic acids is 1. The number of amides is 1. The number of benzene rings is 1. The molecule has 0 fully saturated rings. The molecule has 1 aromatic rings. The summed E-state index contributed by atoms with van der Waals surface area (Å²) < 4.78 is 0.678. The lowest BCUT2D eigenvalue weighted by Crippen LogP contribution is -2.33. The Morgan fingerprint density at radius 2 is 2.12 bits per heavy atom. The van der Waals surface area contributed by atoms with Crippen LogP contribution in [0.3, 0.4) is 0 Å². The van der Waals surface area contributed by atoms with Gasteiger partial charge in [-0.2, -0.15) is 0 Å². The van der Waals surface area contributed by atoms with Crippen molar-refractivity contribution >= 4 is 33.5 Å². The third-order valence-electron chi connectivity index (χ3n) is 1.88. The molecule has 0 heterocycles. The van der Waals surface area contributed by atoms with E-state index in [0.29, 0.717) is 4.47 Å². The molecule has 86 valence electrons. The highest BCUT2D eigenvalue weighted by Gasteiger charge is 2.14. The molecule has 6 heteroatoms. The molecule has 1 amide bonds. The van der Waals surface area contributed by atoms with Gasteiger partial charge in [0.25, 0.3) is 0 Å². The summed E-state index contributed by atoms with van der Waals surface area (Å²) in [6.07, 6.45) is 0. The van der Waals surface area contributed by atoms with Gasteiger partial charge >= 0.3 is 5.97 Å². The number of carboxylic acids is 1. The molecule has 4 N–H and O–H groups in total. The Hall–Kier alpha value is -1.40. The first kappa shape index (κ1) is 12.7. The Morgan fingerprint density at radius 1 is 1.50 bits per heavy atom. The quantitative estimate of drug-likeness (QED) is 0.784. The van der Waals surface area contributed by atoms with E-state index in [1.54, 1.807) is 6.07 Å². The predicted octanol–water partition coefficient (Wildman–Crippen LogP) is 1.43. The normalized spacial score (nSPS) is 11.9. The van der Waals surface area contributed by atoms with Gasteiger partial charge in [-0.3, -0.25) is 4.79 Å². The molecular formula is C10H11BrN2O3. The maximum absolute atomic E-state index is 11.4. The highest BCUT2D eigenvalue weighted by Crippen LogP contribution is 2.21. The number of nitrogens with one attached hydrogen (secondary N) is 1.